The molecule has 1 aromatic rings. The van der Waals surface area contributed by atoms with Crippen LogP contribution in [0.4, 0.5) is 5.95 Å². The number of halogens is 1. The molecule has 0 spiro atoms. The average molecular weight is 270 g/mol. The standard InChI is InChI=1S/C11H16BrN3/c1-8-3-4-15(7-9(8)2)11-13-5-10(12)6-14-11/h5-6,8-9H,3-4,7H2,1-2H3. The highest BCUT2D eigenvalue weighted by molar-refractivity contribution is 9.10. The van der Waals surface area contributed by atoms with E-state index in [1.54, 1.807) is 0 Å². The third-order valence-corrected chi connectivity index (χ3v) is 3.63. The summed E-state index contributed by atoms with van der Waals surface area (Å²) in [6.07, 6.45) is 4.86. The second kappa shape index (κ2) is 4.47. The van der Waals surface area contributed by atoms with Gasteiger partial charge < -0.3 is 4.90 Å². The highest BCUT2D eigenvalue weighted by atomic mass is 79.9. The van der Waals surface area contributed by atoms with Gasteiger partial charge in [-0.3, -0.25) is 0 Å². The molecule has 2 rings (SSSR count). The highest BCUT2D eigenvalue weighted by Crippen LogP contribution is 2.24. The Morgan fingerprint density at radius 3 is 2.53 bits per heavy atom. The van der Waals surface area contributed by atoms with Crippen molar-refractivity contribution in [3.63, 3.8) is 0 Å². The van der Waals surface area contributed by atoms with Gasteiger partial charge in [-0.1, -0.05) is 13.8 Å². The predicted molar refractivity (Wildman–Crippen MR) is 64.9 cm³/mol. The molecule has 3 nitrogen and oxygen atoms in total. The molecule has 15 heavy (non-hydrogen) atoms. The molecular weight excluding hydrogens is 254 g/mol. The zero-order chi connectivity index (χ0) is 10.8. The highest BCUT2D eigenvalue weighted by Gasteiger charge is 2.23. The van der Waals surface area contributed by atoms with Crippen molar-refractivity contribution in [2.24, 2.45) is 11.8 Å². The first-order chi connectivity index (χ1) is 7.16. The number of hydrogen-bond acceptors (Lipinski definition) is 3. The largest absolute Gasteiger partial charge is 0.341 e. The van der Waals surface area contributed by atoms with Gasteiger partial charge in [-0.25, -0.2) is 9.97 Å². The molecule has 2 heterocycles. The topological polar surface area (TPSA) is 29.0 Å². The van der Waals surface area contributed by atoms with Crippen molar-refractivity contribution in [1.82, 2.24) is 9.97 Å². The third-order valence-electron chi connectivity index (χ3n) is 3.22. The molecule has 1 aliphatic heterocycles. The Balaban J connectivity index is 2.08. The average Bonchev–Trinajstić information content (AvgIpc) is 2.23. The van der Waals surface area contributed by atoms with Gasteiger partial charge >= 0.3 is 0 Å². The van der Waals surface area contributed by atoms with Crippen molar-refractivity contribution < 1.29 is 0 Å². The molecule has 1 aromatic heterocycles. The second-order valence-corrected chi connectivity index (χ2v) is 5.31. The fourth-order valence-electron chi connectivity index (χ4n) is 1.91. The molecule has 0 N–H and O–H groups in total. The summed E-state index contributed by atoms with van der Waals surface area (Å²) in [5.41, 5.74) is 0. The van der Waals surface area contributed by atoms with Crippen LogP contribution in [0.2, 0.25) is 0 Å². The number of hydrogen-bond donors (Lipinski definition) is 0. The Hall–Kier alpha value is -0.640. The van der Waals surface area contributed by atoms with Gasteiger partial charge in [-0.15, -0.1) is 0 Å². The number of piperidine rings is 1. The molecule has 0 aromatic carbocycles. The van der Waals surface area contributed by atoms with Gasteiger partial charge in [0.05, 0.1) is 4.47 Å². The molecular formula is C11H16BrN3. The van der Waals surface area contributed by atoms with Crippen molar-refractivity contribution in [1.29, 1.82) is 0 Å². The van der Waals surface area contributed by atoms with Gasteiger partial charge in [0, 0.05) is 25.5 Å². The quantitative estimate of drug-likeness (QED) is 0.785. The van der Waals surface area contributed by atoms with E-state index >= 15 is 0 Å². The fourth-order valence-corrected chi connectivity index (χ4v) is 2.12. The fraction of sp³-hybridized carbons (Fsp3) is 0.636. The van der Waals surface area contributed by atoms with E-state index in [4.69, 9.17) is 0 Å². The first-order valence-electron chi connectivity index (χ1n) is 5.39. The molecule has 0 amide bonds. The monoisotopic (exact) mass is 269 g/mol. The molecule has 1 fully saturated rings. The van der Waals surface area contributed by atoms with E-state index in [1.807, 2.05) is 12.4 Å². The summed E-state index contributed by atoms with van der Waals surface area (Å²) in [6, 6.07) is 0. The number of anilines is 1. The van der Waals surface area contributed by atoms with Crippen molar-refractivity contribution in [3.8, 4) is 0 Å². The summed E-state index contributed by atoms with van der Waals surface area (Å²) >= 11 is 3.35. The lowest BCUT2D eigenvalue weighted by Gasteiger charge is -2.35. The molecule has 0 radical (unpaired) electrons. The van der Waals surface area contributed by atoms with Gasteiger partial charge in [0.25, 0.3) is 0 Å². The molecule has 2 atom stereocenters. The molecule has 1 saturated heterocycles. The van der Waals surface area contributed by atoms with Crippen LogP contribution in [0.1, 0.15) is 20.3 Å². The van der Waals surface area contributed by atoms with Crippen LogP contribution in [0.3, 0.4) is 0 Å². The van der Waals surface area contributed by atoms with Crippen molar-refractivity contribution >= 4 is 21.9 Å². The van der Waals surface area contributed by atoms with Crippen LogP contribution in [0, 0.1) is 11.8 Å². The van der Waals surface area contributed by atoms with Crippen molar-refractivity contribution in [2.45, 2.75) is 20.3 Å². The van der Waals surface area contributed by atoms with E-state index in [2.05, 4.69) is 44.6 Å². The summed E-state index contributed by atoms with van der Waals surface area (Å²) < 4.78 is 0.935. The maximum Gasteiger partial charge on any atom is 0.225 e. The second-order valence-electron chi connectivity index (χ2n) is 4.39. The van der Waals surface area contributed by atoms with Gasteiger partial charge in [-0.2, -0.15) is 0 Å². The smallest absolute Gasteiger partial charge is 0.225 e. The van der Waals surface area contributed by atoms with E-state index in [9.17, 15) is 0 Å². The van der Waals surface area contributed by atoms with E-state index in [-0.39, 0.29) is 0 Å². The summed E-state index contributed by atoms with van der Waals surface area (Å²) in [7, 11) is 0. The van der Waals surface area contributed by atoms with Gasteiger partial charge in [-0.05, 0) is 34.2 Å². The Morgan fingerprint density at radius 2 is 1.93 bits per heavy atom. The molecule has 1 aliphatic rings. The number of nitrogens with zero attached hydrogens (tertiary/aromatic N) is 3. The Kier molecular flexibility index (Phi) is 3.24. The zero-order valence-electron chi connectivity index (χ0n) is 9.15. The molecule has 82 valence electrons. The van der Waals surface area contributed by atoms with Crippen LogP contribution in [0.15, 0.2) is 16.9 Å². The summed E-state index contributed by atoms with van der Waals surface area (Å²) in [5.74, 6) is 2.40. The lowest BCUT2D eigenvalue weighted by atomic mass is 9.89. The van der Waals surface area contributed by atoms with Crippen LogP contribution in [0.25, 0.3) is 0 Å². The minimum absolute atomic E-state index is 0.728. The van der Waals surface area contributed by atoms with Crippen molar-refractivity contribution in [3.05, 3.63) is 16.9 Å². The van der Waals surface area contributed by atoms with Crippen LogP contribution < -0.4 is 4.90 Å². The maximum absolute atomic E-state index is 4.33. The molecule has 2 unspecified atom stereocenters. The summed E-state index contributed by atoms with van der Waals surface area (Å²) in [6.45, 7) is 6.77. The van der Waals surface area contributed by atoms with Gasteiger partial charge in [0.15, 0.2) is 0 Å². The summed E-state index contributed by atoms with van der Waals surface area (Å²) in [4.78, 5) is 10.9. The minimum atomic E-state index is 0.728. The number of aromatic nitrogens is 2. The Labute approximate surface area is 99.0 Å². The van der Waals surface area contributed by atoms with Crippen LogP contribution >= 0.6 is 15.9 Å². The van der Waals surface area contributed by atoms with Gasteiger partial charge in [0.2, 0.25) is 5.95 Å². The lowest BCUT2D eigenvalue weighted by Crippen LogP contribution is -2.39. The Morgan fingerprint density at radius 1 is 1.27 bits per heavy atom. The number of rotatable bonds is 1. The van der Waals surface area contributed by atoms with E-state index in [1.165, 1.54) is 6.42 Å². The normalized spacial score (nSPS) is 26.7. The molecule has 0 aliphatic carbocycles. The molecule has 4 heteroatoms. The Bertz CT molecular complexity index is 325. The van der Waals surface area contributed by atoms with Crippen LogP contribution in [0.5, 0.6) is 0 Å². The lowest BCUT2D eigenvalue weighted by molar-refractivity contribution is 0.321. The van der Waals surface area contributed by atoms with E-state index in [0.717, 1.165) is 35.3 Å². The van der Waals surface area contributed by atoms with E-state index < -0.39 is 0 Å². The summed E-state index contributed by atoms with van der Waals surface area (Å²) in [5, 5.41) is 0. The maximum atomic E-state index is 4.33. The van der Waals surface area contributed by atoms with Gasteiger partial charge in [0.1, 0.15) is 0 Å². The van der Waals surface area contributed by atoms with E-state index in [0.29, 0.717) is 0 Å². The van der Waals surface area contributed by atoms with Crippen LogP contribution in [-0.4, -0.2) is 23.1 Å². The zero-order valence-corrected chi connectivity index (χ0v) is 10.7. The molecule has 0 saturated carbocycles. The first-order valence-corrected chi connectivity index (χ1v) is 6.18. The first kappa shape index (κ1) is 10.9. The predicted octanol–water partition coefficient (Wildman–Crippen LogP) is 2.72. The van der Waals surface area contributed by atoms with Crippen molar-refractivity contribution in [2.75, 3.05) is 18.0 Å². The minimum Gasteiger partial charge on any atom is -0.341 e. The molecule has 0 bridgehead atoms. The third kappa shape index (κ3) is 2.48. The SMILES string of the molecule is CC1CCN(c2ncc(Br)cn2)CC1C. The van der Waals surface area contributed by atoms with Crippen LogP contribution in [-0.2, 0) is 0 Å².